The number of primary amides is 1. The van der Waals surface area contributed by atoms with Crippen molar-refractivity contribution in [2.24, 2.45) is 5.73 Å². The van der Waals surface area contributed by atoms with Gasteiger partial charge in [-0.25, -0.2) is 0 Å². The van der Waals surface area contributed by atoms with Crippen LogP contribution in [-0.4, -0.2) is 62.5 Å². The molecule has 0 fully saturated rings. The van der Waals surface area contributed by atoms with E-state index in [1.807, 2.05) is 48.5 Å². The van der Waals surface area contributed by atoms with Gasteiger partial charge in [-0.1, -0.05) is 41.9 Å². The van der Waals surface area contributed by atoms with E-state index in [-0.39, 0.29) is 28.8 Å². The van der Waals surface area contributed by atoms with Crippen molar-refractivity contribution in [3.8, 4) is 23.0 Å². The maximum Gasteiger partial charge on any atom is 0.260 e. The van der Waals surface area contributed by atoms with Gasteiger partial charge in [0, 0.05) is 36.3 Å². The third kappa shape index (κ3) is 8.12. The summed E-state index contributed by atoms with van der Waals surface area (Å²) < 4.78 is 16.4. The number of methoxy groups -OCH3 is 2. The van der Waals surface area contributed by atoms with Crippen LogP contribution in [0.5, 0.6) is 23.0 Å². The summed E-state index contributed by atoms with van der Waals surface area (Å²) in [6.07, 6.45) is 2.01. The number of benzene rings is 4. The van der Waals surface area contributed by atoms with Gasteiger partial charge < -0.3 is 35.4 Å². The number of hydrogen-bond donors (Lipinski definition) is 3. The van der Waals surface area contributed by atoms with Gasteiger partial charge in [-0.05, 0) is 59.8 Å². The number of aromatic hydroxyl groups is 1. The van der Waals surface area contributed by atoms with Gasteiger partial charge in [0.05, 0.1) is 19.2 Å². The second-order valence-electron chi connectivity index (χ2n) is 8.92. The smallest absolute Gasteiger partial charge is 0.260 e. The Morgan fingerprint density at radius 3 is 2.27 bits per heavy atom. The van der Waals surface area contributed by atoms with E-state index in [1.165, 1.54) is 24.4 Å². The Bertz CT molecular complexity index is 1540. The summed E-state index contributed by atoms with van der Waals surface area (Å²) >= 11 is 5.50. The number of carbonyl (C=O) groups is 2. The van der Waals surface area contributed by atoms with E-state index < -0.39 is 5.91 Å². The van der Waals surface area contributed by atoms with Gasteiger partial charge in [-0.2, -0.15) is 0 Å². The maximum absolute atomic E-state index is 12.5. The molecule has 0 heterocycles. The highest BCUT2D eigenvalue weighted by atomic mass is 35.5. The number of fused-ring (bicyclic) bond motifs is 1. The molecule has 0 aromatic heterocycles. The number of phenols is 1. The average Bonchev–Trinajstić information content (AvgIpc) is 2.99. The Labute approximate surface area is 243 Å². The molecule has 0 saturated heterocycles. The lowest BCUT2D eigenvalue weighted by molar-refractivity contribution is -0.132. The summed E-state index contributed by atoms with van der Waals surface area (Å²) in [7, 11) is 4.97. The third-order valence-corrected chi connectivity index (χ3v) is 6.57. The van der Waals surface area contributed by atoms with Crippen molar-refractivity contribution in [3.63, 3.8) is 0 Å². The fraction of sp³-hybridized carbons (Fsp3) is 0.194. The first-order valence-electron chi connectivity index (χ1n) is 12.6. The fourth-order valence-electron chi connectivity index (χ4n) is 3.91. The topological polar surface area (TPSA) is 135 Å². The van der Waals surface area contributed by atoms with Crippen molar-refractivity contribution < 1.29 is 28.9 Å². The van der Waals surface area contributed by atoms with E-state index in [2.05, 4.69) is 0 Å². The number of rotatable bonds is 10. The van der Waals surface area contributed by atoms with Gasteiger partial charge in [-0.3, -0.25) is 9.59 Å². The molecule has 10 heteroatoms. The number of nitrogens with zero attached hydrogens (tertiary/aromatic N) is 1. The number of hydrogen-bond acceptors (Lipinski definition) is 7. The molecule has 0 atom stereocenters. The highest BCUT2D eigenvalue weighted by molar-refractivity contribution is 6.32. The van der Waals surface area contributed by atoms with Crippen LogP contribution in [-0.2, 0) is 11.2 Å². The Morgan fingerprint density at radius 1 is 0.951 bits per heavy atom. The molecular formula is C31H32ClN3O6. The largest absolute Gasteiger partial charge is 0.506 e. The zero-order valence-electron chi connectivity index (χ0n) is 23.0. The minimum Gasteiger partial charge on any atom is -0.506 e. The van der Waals surface area contributed by atoms with Gasteiger partial charge in [0.25, 0.3) is 5.91 Å². The number of carbonyl (C=O) groups excluding carboxylic acids is 2. The summed E-state index contributed by atoms with van der Waals surface area (Å²) in [5, 5.41) is 18.4. The van der Waals surface area contributed by atoms with Crippen molar-refractivity contribution in [2.75, 3.05) is 34.4 Å². The molecule has 0 radical (unpaired) electrons. The van der Waals surface area contributed by atoms with Crippen LogP contribution in [0.15, 0.2) is 72.8 Å². The number of nitrogens with one attached hydrogen (secondary N) is 1. The van der Waals surface area contributed by atoms with E-state index in [0.717, 1.165) is 21.9 Å². The lowest BCUT2D eigenvalue weighted by atomic mass is 10.0. The molecule has 214 valence electrons. The number of phenolic OH excluding ortho intramolecular Hbond substituents is 1. The van der Waals surface area contributed by atoms with Crippen LogP contribution in [0.2, 0.25) is 5.02 Å². The van der Waals surface area contributed by atoms with E-state index in [1.54, 1.807) is 32.2 Å². The Hall–Kier alpha value is -4.76. The molecule has 0 saturated carbocycles. The van der Waals surface area contributed by atoms with Crippen molar-refractivity contribution in [1.82, 2.24) is 4.90 Å². The molecule has 0 aliphatic carbocycles. The molecule has 4 aromatic rings. The third-order valence-electron chi connectivity index (χ3n) is 6.27. The number of halogens is 1. The van der Waals surface area contributed by atoms with Crippen molar-refractivity contribution >= 4 is 40.4 Å². The summed E-state index contributed by atoms with van der Waals surface area (Å²) in [5.74, 6) is 1.27. The molecule has 0 aliphatic heterocycles. The highest BCUT2D eigenvalue weighted by Gasteiger charge is 2.13. The average molecular weight is 578 g/mol. The second kappa shape index (κ2) is 14.6. The van der Waals surface area contributed by atoms with Crippen molar-refractivity contribution in [2.45, 2.75) is 6.42 Å². The zero-order valence-corrected chi connectivity index (χ0v) is 23.8. The van der Waals surface area contributed by atoms with Gasteiger partial charge in [0.1, 0.15) is 11.5 Å². The van der Waals surface area contributed by atoms with E-state index in [9.17, 15) is 9.59 Å². The van der Waals surface area contributed by atoms with Crippen LogP contribution >= 0.6 is 11.6 Å². The summed E-state index contributed by atoms with van der Waals surface area (Å²) in [6, 6.07) is 21.1. The molecule has 0 bridgehead atoms. The number of ether oxygens (including phenoxy) is 3. The van der Waals surface area contributed by atoms with Crippen molar-refractivity contribution in [1.29, 1.82) is 5.41 Å². The van der Waals surface area contributed by atoms with E-state index in [0.29, 0.717) is 30.2 Å². The number of amides is 2. The predicted molar refractivity (Wildman–Crippen MR) is 160 cm³/mol. The van der Waals surface area contributed by atoms with Crippen LogP contribution < -0.4 is 19.9 Å². The molecule has 4 aromatic carbocycles. The predicted octanol–water partition coefficient (Wildman–Crippen LogP) is 5.08. The first-order valence-corrected chi connectivity index (χ1v) is 12.9. The van der Waals surface area contributed by atoms with Crippen LogP contribution in [0.3, 0.4) is 0 Å². The Morgan fingerprint density at radius 2 is 1.63 bits per heavy atom. The van der Waals surface area contributed by atoms with Gasteiger partial charge >= 0.3 is 0 Å². The molecule has 0 spiro atoms. The number of likely N-dealkylation sites (N-methyl/N-ethyl adjacent to an activating group) is 1. The SMILES string of the molecule is COc1ccc(CCN(C)C(=O)COc2ccc(C=N)c3ccccc23)cc1OC.NC(=O)c1ccc(O)c(Cl)c1. The van der Waals surface area contributed by atoms with Gasteiger partial charge in [0.2, 0.25) is 5.91 Å². The molecule has 2 amide bonds. The molecule has 4 rings (SSSR count). The Balaban J connectivity index is 0.000000352. The summed E-state index contributed by atoms with van der Waals surface area (Å²) in [6.45, 7) is 0.515. The zero-order chi connectivity index (χ0) is 29.9. The van der Waals surface area contributed by atoms with Gasteiger partial charge in [-0.15, -0.1) is 0 Å². The fourth-order valence-corrected chi connectivity index (χ4v) is 4.09. The monoisotopic (exact) mass is 577 g/mol. The molecular weight excluding hydrogens is 546 g/mol. The van der Waals surface area contributed by atoms with Crippen LogP contribution in [0.4, 0.5) is 0 Å². The minimum absolute atomic E-state index is 0.0453. The van der Waals surface area contributed by atoms with E-state index >= 15 is 0 Å². The first kappa shape index (κ1) is 30.8. The van der Waals surface area contributed by atoms with Crippen LogP contribution in [0.25, 0.3) is 10.8 Å². The highest BCUT2D eigenvalue weighted by Crippen LogP contribution is 2.29. The van der Waals surface area contributed by atoms with Crippen molar-refractivity contribution in [3.05, 3.63) is 94.5 Å². The van der Waals surface area contributed by atoms with Crippen LogP contribution in [0, 0.1) is 5.41 Å². The normalized spacial score (nSPS) is 10.2. The molecule has 9 nitrogen and oxygen atoms in total. The molecule has 0 unspecified atom stereocenters. The molecule has 4 N–H and O–H groups in total. The van der Waals surface area contributed by atoms with Gasteiger partial charge in [0.15, 0.2) is 18.1 Å². The van der Waals surface area contributed by atoms with Crippen LogP contribution in [0.1, 0.15) is 21.5 Å². The lowest BCUT2D eigenvalue weighted by Crippen LogP contribution is -2.33. The first-order chi connectivity index (χ1) is 19.7. The minimum atomic E-state index is -0.563. The second-order valence-corrected chi connectivity index (χ2v) is 9.32. The Kier molecular flexibility index (Phi) is 10.9. The maximum atomic E-state index is 12.5. The molecule has 0 aliphatic rings. The number of nitrogens with two attached hydrogens (primary N) is 1. The quantitative estimate of drug-likeness (QED) is 0.225. The van der Waals surface area contributed by atoms with E-state index in [4.69, 9.17) is 42.1 Å². The lowest BCUT2D eigenvalue weighted by Gasteiger charge is -2.18. The summed E-state index contributed by atoms with van der Waals surface area (Å²) in [4.78, 5) is 24.7. The molecule has 41 heavy (non-hydrogen) atoms. The summed E-state index contributed by atoms with van der Waals surface area (Å²) in [5.41, 5.74) is 7.11. The standard InChI is InChI=1S/C24H26N2O4.C7H6ClNO2/c1-26(13-12-17-8-10-22(28-2)23(14-17)29-3)24(27)16-30-21-11-9-18(15-25)19-6-4-5-7-20(19)21;8-5-3-4(7(9)11)1-2-6(5)10/h4-11,14-15,25H,12-13,16H2,1-3H3;1-3,10H,(H2,9,11).